The maximum Gasteiger partial charge on any atom is 0.409 e. The van der Waals surface area contributed by atoms with Gasteiger partial charge in [0, 0.05) is 38.9 Å². The molecule has 9 nitrogen and oxygen atoms in total. The van der Waals surface area contributed by atoms with Crippen LogP contribution in [0.5, 0.6) is 0 Å². The second kappa shape index (κ2) is 9.52. The molecule has 0 aliphatic carbocycles. The molecule has 0 atom stereocenters. The molecule has 33 heavy (non-hydrogen) atoms. The number of nitrogens with zero attached hydrogens (tertiary/aromatic N) is 5. The van der Waals surface area contributed by atoms with Crippen LogP contribution < -0.4 is 10.5 Å². The van der Waals surface area contributed by atoms with Crippen LogP contribution in [0.3, 0.4) is 0 Å². The fourth-order valence-electron chi connectivity index (χ4n) is 3.83. The van der Waals surface area contributed by atoms with Gasteiger partial charge in [0.05, 0.1) is 17.1 Å². The number of pyridine rings is 1. The normalized spacial score (nSPS) is 18.0. The Labute approximate surface area is 201 Å². The van der Waals surface area contributed by atoms with E-state index in [2.05, 4.69) is 0 Å². The molecule has 2 aromatic rings. The van der Waals surface area contributed by atoms with E-state index in [1.165, 1.54) is 21.1 Å². The van der Waals surface area contributed by atoms with E-state index < -0.39 is 0 Å². The molecule has 2 aliphatic rings. The Morgan fingerprint density at radius 1 is 1.21 bits per heavy atom. The lowest BCUT2D eigenvalue weighted by Crippen LogP contribution is -2.49. The number of thiocarbonyl (C=S) groups is 1. The van der Waals surface area contributed by atoms with Gasteiger partial charge in [0.25, 0.3) is 11.5 Å². The smallest absolute Gasteiger partial charge is 0.409 e. The maximum atomic E-state index is 13.5. The lowest BCUT2D eigenvalue weighted by molar-refractivity contribution is -0.121. The van der Waals surface area contributed by atoms with Crippen molar-refractivity contribution < 1.29 is 14.3 Å². The fourth-order valence-corrected chi connectivity index (χ4v) is 5.20. The lowest BCUT2D eigenvalue weighted by Gasteiger charge is -2.35. The standard InChI is InChI=1S/C22H25N5O4S2/c1-4-26-20(29)16(33-22(26)32)12-15-18(23-17-7-6-14(3)13-27(17)19(15)28)24-8-10-25(11-9-24)21(30)31-5-2/h6-7,12-13H,4-5,8-11H2,1-3H3/b16-12+. The minimum absolute atomic E-state index is 0.209. The number of likely N-dealkylation sites (N-methyl/N-ethyl adjacent to an activating group) is 1. The molecule has 0 saturated carbocycles. The number of aromatic nitrogens is 2. The van der Waals surface area contributed by atoms with Crippen molar-refractivity contribution in [2.45, 2.75) is 20.8 Å². The zero-order valence-corrected chi connectivity index (χ0v) is 20.4. The van der Waals surface area contributed by atoms with Gasteiger partial charge in [-0.2, -0.15) is 0 Å². The van der Waals surface area contributed by atoms with Gasteiger partial charge in [0.2, 0.25) is 0 Å². The zero-order valence-electron chi connectivity index (χ0n) is 18.7. The van der Waals surface area contributed by atoms with Gasteiger partial charge in [-0.3, -0.25) is 18.9 Å². The largest absolute Gasteiger partial charge is 0.450 e. The highest BCUT2D eigenvalue weighted by Gasteiger charge is 2.32. The van der Waals surface area contributed by atoms with Crippen LogP contribution in [0.1, 0.15) is 25.0 Å². The molecule has 2 saturated heterocycles. The third kappa shape index (κ3) is 4.47. The van der Waals surface area contributed by atoms with E-state index in [1.54, 1.807) is 30.2 Å². The average molecular weight is 488 g/mol. The molecule has 2 amide bonds. The number of thioether (sulfide) groups is 1. The molecule has 0 aromatic carbocycles. The number of amides is 2. The summed E-state index contributed by atoms with van der Waals surface area (Å²) in [7, 11) is 0. The summed E-state index contributed by atoms with van der Waals surface area (Å²) in [6.45, 7) is 8.21. The predicted octanol–water partition coefficient (Wildman–Crippen LogP) is 2.50. The molecule has 4 heterocycles. The van der Waals surface area contributed by atoms with E-state index >= 15 is 0 Å². The van der Waals surface area contributed by atoms with Crippen molar-refractivity contribution in [3.8, 4) is 0 Å². The first-order valence-corrected chi connectivity index (χ1v) is 12.0. The molecule has 0 radical (unpaired) electrons. The minimum atomic E-state index is -0.345. The first-order valence-electron chi connectivity index (χ1n) is 10.8. The van der Waals surface area contributed by atoms with E-state index in [-0.39, 0.29) is 17.6 Å². The Morgan fingerprint density at radius 3 is 2.58 bits per heavy atom. The van der Waals surface area contributed by atoms with Crippen LogP contribution >= 0.6 is 24.0 Å². The zero-order chi connectivity index (χ0) is 23.7. The SMILES string of the molecule is CCOC(=O)N1CCN(c2nc3ccc(C)cn3c(=O)c2/C=C2/SC(=S)N(CC)C2=O)CC1. The summed E-state index contributed by atoms with van der Waals surface area (Å²) >= 11 is 6.51. The quantitative estimate of drug-likeness (QED) is 0.480. The summed E-state index contributed by atoms with van der Waals surface area (Å²) in [5, 5.41) is 0. The molecule has 2 aromatic heterocycles. The van der Waals surface area contributed by atoms with Gasteiger partial charge in [0.15, 0.2) is 0 Å². The minimum Gasteiger partial charge on any atom is -0.450 e. The van der Waals surface area contributed by atoms with Crippen LogP contribution in [0, 0.1) is 6.92 Å². The Bertz CT molecular complexity index is 1220. The molecular formula is C22H25N5O4S2. The summed E-state index contributed by atoms with van der Waals surface area (Å²) in [6.07, 6.45) is 3.00. The van der Waals surface area contributed by atoms with Crippen molar-refractivity contribution in [3.63, 3.8) is 0 Å². The number of ether oxygens (including phenoxy) is 1. The van der Waals surface area contributed by atoms with Crippen molar-refractivity contribution in [2.75, 3.05) is 44.2 Å². The molecule has 0 N–H and O–H groups in total. The molecule has 2 fully saturated rings. The topological polar surface area (TPSA) is 87.5 Å². The molecule has 2 aliphatic heterocycles. The molecule has 11 heteroatoms. The van der Waals surface area contributed by atoms with Crippen molar-refractivity contribution in [1.29, 1.82) is 0 Å². The molecule has 4 rings (SSSR count). The predicted molar refractivity (Wildman–Crippen MR) is 133 cm³/mol. The van der Waals surface area contributed by atoms with Gasteiger partial charge in [-0.1, -0.05) is 30.0 Å². The average Bonchev–Trinajstić information content (AvgIpc) is 3.08. The number of piperazine rings is 1. The Kier molecular flexibility index (Phi) is 6.71. The number of carbonyl (C=O) groups is 2. The number of fused-ring (bicyclic) bond motifs is 1. The first kappa shape index (κ1) is 23.2. The summed E-state index contributed by atoms with van der Waals surface area (Å²) in [5.74, 6) is 0.286. The van der Waals surface area contributed by atoms with Crippen LogP contribution in [0.2, 0.25) is 0 Å². The fraction of sp³-hybridized carbons (Fsp3) is 0.409. The highest BCUT2D eigenvalue weighted by Crippen LogP contribution is 2.33. The van der Waals surface area contributed by atoms with Crippen molar-refractivity contribution in [1.82, 2.24) is 19.2 Å². The number of hydrogen-bond donors (Lipinski definition) is 0. The maximum absolute atomic E-state index is 13.5. The van der Waals surface area contributed by atoms with E-state index in [0.717, 1.165) is 5.56 Å². The first-order chi connectivity index (χ1) is 15.8. The van der Waals surface area contributed by atoms with Gasteiger partial charge in [0.1, 0.15) is 15.8 Å². The van der Waals surface area contributed by atoms with E-state index in [1.807, 2.05) is 24.8 Å². The Morgan fingerprint density at radius 2 is 1.94 bits per heavy atom. The molecule has 0 spiro atoms. The number of rotatable bonds is 4. The Hall–Kier alpha value is -2.92. The second-order valence-electron chi connectivity index (χ2n) is 7.69. The number of hydrogen-bond acceptors (Lipinski definition) is 8. The van der Waals surface area contributed by atoms with Crippen molar-refractivity contribution in [2.24, 2.45) is 0 Å². The van der Waals surface area contributed by atoms with E-state index in [0.29, 0.717) is 65.6 Å². The molecule has 0 bridgehead atoms. The van der Waals surface area contributed by atoms with Gasteiger partial charge >= 0.3 is 6.09 Å². The summed E-state index contributed by atoms with van der Waals surface area (Å²) in [5.41, 5.74) is 1.52. The van der Waals surface area contributed by atoms with Gasteiger partial charge < -0.3 is 14.5 Å². The van der Waals surface area contributed by atoms with Crippen LogP contribution in [0.15, 0.2) is 28.0 Å². The van der Waals surface area contributed by atoms with Gasteiger partial charge in [-0.15, -0.1) is 0 Å². The third-order valence-electron chi connectivity index (χ3n) is 5.56. The number of carbonyl (C=O) groups excluding carboxylic acids is 2. The van der Waals surface area contributed by atoms with Gasteiger partial charge in [-0.05, 0) is 38.5 Å². The number of anilines is 1. The highest BCUT2D eigenvalue weighted by molar-refractivity contribution is 8.26. The van der Waals surface area contributed by atoms with Crippen LogP contribution in [0.25, 0.3) is 11.7 Å². The summed E-state index contributed by atoms with van der Waals surface area (Å²) in [4.78, 5) is 48.7. The van der Waals surface area contributed by atoms with E-state index in [9.17, 15) is 14.4 Å². The Balaban J connectivity index is 1.76. The highest BCUT2D eigenvalue weighted by atomic mass is 32.2. The lowest BCUT2D eigenvalue weighted by atomic mass is 10.2. The summed E-state index contributed by atoms with van der Waals surface area (Å²) in [6, 6.07) is 3.70. The number of aryl methyl sites for hydroxylation is 1. The summed E-state index contributed by atoms with van der Waals surface area (Å²) < 4.78 is 7.07. The monoisotopic (exact) mass is 487 g/mol. The van der Waals surface area contributed by atoms with Crippen molar-refractivity contribution >= 4 is 57.8 Å². The second-order valence-corrected chi connectivity index (χ2v) is 9.36. The molecule has 174 valence electrons. The van der Waals surface area contributed by atoms with Crippen LogP contribution in [-0.4, -0.2) is 74.8 Å². The van der Waals surface area contributed by atoms with E-state index in [4.69, 9.17) is 21.9 Å². The van der Waals surface area contributed by atoms with Crippen molar-refractivity contribution in [3.05, 3.63) is 44.7 Å². The van der Waals surface area contributed by atoms with Gasteiger partial charge in [-0.25, -0.2) is 9.78 Å². The van der Waals surface area contributed by atoms with Crippen LogP contribution in [-0.2, 0) is 9.53 Å². The van der Waals surface area contributed by atoms with Crippen LogP contribution in [0.4, 0.5) is 10.6 Å². The molecule has 0 unspecified atom stereocenters. The molecular weight excluding hydrogens is 462 g/mol. The third-order valence-corrected chi connectivity index (χ3v) is 6.93.